The first kappa shape index (κ1) is 32.0. The van der Waals surface area contributed by atoms with Crippen LogP contribution in [0.4, 0.5) is 17.1 Å². The SMILES string of the molecule is c1ccc(-c2ccc(N(c3ccc(-c4cc5ccccc5c5ccccc45)cc3)c3cccc4c3oc3c5ccccc5ccc43)cc2-c2ccccc2)cc1. The van der Waals surface area contributed by atoms with Crippen molar-refractivity contribution in [1.29, 1.82) is 0 Å². The van der Waals surface area contributed by atoms with Crippen molar-refractivity contribution in [2.24, 2.45) is 0 Å². The number of para-hydroxylation sites is 1. The molecule has 56 heavy (non-hydrogen) atoms. The van der Waals surface area contributed by atoms with E-state index in [4.69, 9.17) is 4.42 Å². The van der Waals surface area contributed by atoms with E-state index < -0.39 is 0 Å². The summed E-state index contributed by atoms with van der Waals surface area (Å²) in [5.41, 5.74) is 11.9. The van der Waals surface area contributed by atoms with Crippen molar-refractivity contribution in [2.45, 2.75) is 0 Å². The molecule has 0 amide bonds. The molecule has 0 N–H and O–H groups in total. The van der Waals surface area contributed by atoms with Crippen molar-refractivity contribution in [3.63, 3.8) is 0 Å². The van der Waals surface area contributed by atoms with Gasteiger partial charge in [-0.05, 0) is 103 Å². The largest absolute Gasteiger partial charge is 0.453 e. The molecule has 1 aromatic heterocycles. The van der Waals surface area contributed by atoms with Crippen molar-refractivity contribution >= 4 is 71.3 Å². The quantitative estimate of drug-likeness (QED) is 0.160. The highest BCUT2D eigenvalue weighted by Crippen LogP contribution is 2.46. The molecular formula is C54H35NO. The summed E-state index contributed by atoms with van der Waals surface area (Å²) >= 11 is 0. The van der Waals surface area contributed by atoms with Crippen LogP contribution in [-0.4, -0.2) is 0 Å². The van der Waals surface area contributed by atoms with Crippen LogP contribution in [0.2, 0.25) is 0 Å². The second-order valence-corrected chi connectivity index (χ2v) is 14.5. The van der Waals surface area contributed by atoms with Gasteiger partial charge < -0.3 is 9.32 Å². The van der Waals surface area contributed by atoms with Crippen molar-refractivity contribution < 1.29 is 4.42 Å². The van der Waals surface area contributed by atoms with Gasteiger partial charge in [-0.25, -0.2) is 0 Å². The number of benzene rings is 10. The third-order valence-electron chi connectivity index (χ3n) is 11.2. The number of furan rings is 1. The number of fused-ring (bicyclic) bond motifs is 8. The molecule has 0 saturated heterocycles. The van der Waals surface area contributed by atoms with Gasteiger partial charge in [0, 0.05) is 27.5 Å². The summed E-state index contributed by atoms with van der Waals surface area (Å²) in [6, 6.07) is 76.4. The van der Waals surface area contributed by atoms with E-state index >= 15 is 0 Å². The smallest absolute Gasteiger partial charge is 0.159 e. The van der Waals surface area contributed by atoms with Crippen LogP contribution in [0.25, 0.3) is 87.6 Å². The molecule has 10 aromatic carbocycles. The third kappa shape index (κ3) is 5.26. The number of hydrogen-bond acceptors (Lipinski definition) is 2. The van der Waals surface area contributed by atoms with Gasteiger partial charge in [0.25, 0.3) is 0 Å². The van der Waals surface area contributed by atoms with Crippen molar-refractivity contribution in [1.82, 2.24) is 0 Å². The minimum absolute atomic E-state index is 0.858. The molecule has 0 unspecified atom stereocenters. The molecule has 2 nitrogen and oxygen atoms in total. The zero-order valence-corrected chi connectivity index (χ0v) is 30.6. The molecule has 0 aliphatic rings. The van der Waals surface area contributed by atoms with E-state index in [1.807, 2.05) is 0 Å². The first-order valence-corrected chi connectivity index (χ1v) is 19.2. The average Bonchev–Trinajstić information content (AvgIpc) is 3.67. The fourth-order valence-corrected chi connectivity index (χ4v) is 8.60. The Hall–Kier alpha value is -7.42. The van der Waals surface area contributed by atoms with Crippen LogP contribution in [0.15, 0.2) is 217 Å². The maximum absolute atomic E-state index is 6.97. The summed E-state index contributed by atoms with van der Waals surface area (Å²) in [5, 5.41) is 9.52. The lowest BCUT2D eigenvalue weighted by Gasteiger charge is -2.27. The molecular weight excluding hydrogens is 679 g/mol. The van der Waals surface area contributed by atoms with Gasteiger partial charge in [-0.15, -0.1) is 0 Å². The van der Waals surface area contributed by atoms with E-state index in [-0.39, 0.29) is 0 Å². The van der Waals surface area contributed by atoms with Crippen LogP contribution in [0.1, 0.15) is 0 Å². The van der Waals surface area contributed by atoms with E-state index in [1.54, 1.807) is 0 Å². The van der Waals surface area contributed by atoms with Gasteiger partial charge in [0.2, 0.25) is 0 Å². The van der Waals surface area contributed by atoms with Gasteiger partial charge in [-0.1, -0.05) is 170 Å². The lowest BCUT2D eigenvalue weighted by molar-refractivity contribution is 0.673. The summed E-state index contributed by atoms with van der Waals surface area (Å²) in [6.07, 6.45) is 0. The van der Waals surface area contributed by atoms with Gasteiger partial charge in [0.1, 0.15) is 5.58 Å². The maximum Gasteiger partial charge on any atom is 0.159 e. The van der Waals surface area contributed by atoms with Gasteiger partial charge in [0.15, 0.2) is 5.58 Å². The molecule has 2 heteroatoms. The van der Waals surface area contributed by atoms with Gasteiger partial charge in [-0.3, -0.25) is 0 Å². The minimum Gasteiger partial charge on any atom is -0.453 e. The standard InChI is InChI=1S/C54H35NO/c1-3-14-36(15-4-1)44-33-31-42(35-51(44)37-16-5-2-6-17-37)55(52-25-13-24-48-49-32-28-38-18-7-10-21-45(38)53(49)56-54(48)52)41-29-26-39(27-30-41)50-34-40-19-8-9-20-43(40)46-22-11-12-23-47(46)50/h1-35H. The lowest BCUT2D eigenvalue weighted by Crippen LogP contribution is -2.10. The van der Waals surface area contributed by atoms with Crippen LogP contribution < -0.4 is 4.90 Å². The van der Waals surface area contributed by atoms with Crippen LogP contribution in [0, 0.1) is 0 Å². The van der Waals surface area contributed by atoms with E-state index in [2.05, 4.69) is 217 Å². The summed E-state index contributed by atoms with van der Waals surface area (Å²) in [6.45, 7) is 0. The topological polar surface area (TPSA) is 16.4 Å². The molecule has 0 bridgehead atoms. The van der Waals surface area contributed by atoms with Gasteiger partial charge in [0.05, 0.1) is 5.69 Å². The Morgan fingerprint density at radius 1 is 0.286 bits per heavy atom. The normalized spacial score (nSPS) is 11.6. The third-order valence-corrected chi connectivity index (χ3v) is 11.2. The highest BCUT2D eigenvalue weighted by molar-refractivity contribution is 6.18. The van der Waals surface area contributed by atoms with Crippen molar-refractivity contribution in [3.05, 3.63) is 212 Å². The molecule has 11 aromatic rings. The Bertz CT molecular complexity index is 3230. The molecule has 0 spiro atoms. The predicted octanol–water partition coefficient (Wildman–Crippen LogP) is 15.5. The zero-order chi connectivity index (χ0) is 37.0. The molecule has 262 valence electrons. The van der Waals surface area contributed by atoms with E-state index in [1.165, 1.54) is 60.3 Å². The number of anilines is 3. The Morgan fingerprint density at radius 2 is 0.857 bits per heavy atom. The van der Waals surface area contributed by atoms with E-state index in [0.29, 0.717) is 0 Å². The van der Waals surface area contributed by atoms with Crippen LogP contribution in [0.5, 0.6) is 0 Å². The van der Waals surface area contributed by atoms with E-state index in [9.17, 15) is 0 Å². The highest BCUT2D eigenvalue weighted by atomic mass is 16.3. The molecule has 11 rings (SSSR count). The summed E-state index contributed by atoms with van der Waals surface area (Å²) in [4.78, 5) is 2.36. The molecule has 0 atom stereocenters. The molecule has 0 aliphatic carbocycles. The molecule has 0 fully saturated rings. The fourth-order valence-electron chi connectivity index (χ4n) is 8.60. The summed E-state index contributed by atoms with van der Waals surface area (Å²) < 4.78 is 6.97. The van der Waals surface area contributed by atoms with Crippen LogP contribution >= 0.6 is 0 Å². The molecule has 1 heterocycles. The second-order valence-electron chi connectivity index (χ2n) is 14.5. The predicted molar refractivity (Wildman–Crippen MR) is 237 cm³/mol. The van der Waals surface area contributed by atoms with Gasteiger partial charge >= 0.3 is 0 Å². The summed E-state index contributed by atoms with van der Waals surface area (Å²) in [7, 11) is 0. The Morgan fingerprint density at radius 3 is 1.62 bits per heavy atom. The van der Waals surface area contributed by atoms with E-state index in [0.717, 1.165) is 44.4 Å². The van der Waals surface area contributed by atoms with Crippen molar-refractivity contribution in [2.75, 3.05) is 4.90 Å². The second kappa shape index (κ2) is 13.2. The Labute approximate surface area is 325 Å². The number of rotatable bonds is 6. The number of nitrogens with zero attached hydrogens (tertiary/aromatic N) is 1. The summed E-state index contributed by atoms with van der Waals surface area (Å²) in [5.74, 6) is 0. The minimum atomic E-state index is 0.858. The first-order chi connectivity index (χ1) is 27.8. The molecule has 0 aliphatic heterocycles. The average molecular weight is 714 g/mol. The lowest BCUT2D eigenvalue weighted by atomic mass is 9.93. The molecule has 0 radical (unpaired) electrons. The molecule has 0 saturated carbocycles. The maximum atomic E-state index is 6.97. The number of hydrogen-bond donors (Lipinski definition) is 0. The fraction of sp³-hybridized carbons (Fsp3) is 0. The Kier molecular flexibility index (Phi) is 7.53. The highest BCUT2D eigenvalue weighted by Gasteiger charge is 2.22. The van der Waals surface area contributed by atoms with Crippen molar-refractivity contribution in [3.8, 4) is 33.4 Å². The Balaban J connectivity index is 1.14. The first-order valence-electron chi connectivity index (χ1n) is 19.2. The van der Waals surface area contributed by atoms with Gasteiger partial charge in [-0.2, -0.15) is 0 Å². The monoisotopic (exact) mass is 713 g/mol. The van der Waals surface area contributed by atoms with Crippen LogP contribution in [0.3, 0.4) is 0 Å². The zero-order valence-electron chi connectivity index (χ0n) is 30.6. The van der Waals surface area contributed by atoms with Crippen LogP contribution in [-0.2, 0) is 0 Å².